The Morgan fingerprint density at radius 1 is 1.52 bits per heavy atom. The molecule has 1 aliphatic heterocycles. The van der Waals surface area contributed by atoms with E-state index in [0.717, 1.165) is 30.6 Å². The van der Waals surface area contributed by atoms with Crippen LogP contribution in [0.15, 0.2) is 24.1 Å². The molecule has 1 aromatic rings. The minimum absolute atomic E-state index is 0.124. The van der Waals surface area contributed by atoms with E-state index in [1.54, 1.807) is 6.08 Å². The summed E-state index contributed by atoms with van der Waals surface area (Å²) in [5, 5.41) is 14.4. The van der Waals surface area contributed by atoms with Gasteiger partial charge in [-0.15, -0.1) is 17.9 Å². The van der Waals surface area contributed by atoms with E-state index < -0.39 is 5.54 Å². The summed E-state index contributed by atoms with van der Waals surface area (Å²) in [4.78, 5) is 15.8. The summed E-state index contributed by atoms with van der Waals surface area (Å²) in [6.45, 7) is 4.31. The molecule has 1 saturated carbocycles. The normalized spacial score (nSPS) is 24.2. The van der Waals surface area contributed by atoms with Gasteiger partial charge in [0.2, 0.25) is 5.91 Å². The number of thiophene rings is 1. The molecule has 2 fully saturated rings. The molecule has 0 unspecified atom stereocenters. The molecule has 1 N–H and O–H groups in total. The predicted octanol–water partition coefficient (Wildman–Crippen LogP) is 2.94. The van der Waals surface area contributed by atoms with Crippen LogP contribution in [0.3, 0.4) is 0 Å². The number of amides is 1. The number of carbonyl (C=O) groups excluding carboxylic acids is 1. The van der Waals surface area contributed by atoms with Gasteiger partial charge >= 0.3 is 0 Å². The molecule has 21 heavy (non-hydrogen) atoms. The van der Waals surface area contributed by atoms with Crippen molar-refractivity contribution in [2.75, 3.05) is 6.54 Å². The number of carbonyl (C=O) groups is 1. The fraction of sp³-hybridized carbons (Fsp3) is 0.500. The summed E-state index contributed by atoms with van der Waals surface area (Å²) in [5.41, 5.74) is 0.260. The van der Waals surface area contributed by atoms with Gasteiger partial charge in [-0.1, -0.05) is 25.3 Å². The molecule has 0 bridgehead atoms. The second kappa shape index (κ2) is 5.63. The van der Waals surface area contributed by atoms with Crippen LogP contribution >= 0.6 is 11.3 Å². The summed E-state index contributed by atoms with van der Waals surface area (Å²) in [6, 6.07) is 4.04. The molecule has 1 atom stereocenters. The van der Waals surface area contributed by atoms with Gasteiger partial charge in [0.15, 0.2) is 0 Å². The molecule has 1 saturated heterocycles. The molecule has 5 heteroatoms. The summed E-state index contributed by atoms with van der Waals surface area (Å²) in [7, 11) is 0. The Kier molecular flexibility index (Phi) is 3.83. The lowest BCUT2D eigenvalue weighted by Crippen LogP contribution is -2.48. The number of hydrogen-bond acceptors (Lipinski definition) is 4. The zero-order valence-corrected chi connectivity index (χ0v) is 12.8. The third-order valence-electron chi connectivity index (χ3n) is 4.45. The first-order valence-electron chi connectivity index (χ1n) is 7.38. The third kappa shape index (κ3) is 2.39. The Hall–Kier alpha value is -1.64. The molecule has 0 aromatic carbocycles. The van der Waals surface area contributed by atoms with E-state index in [-0.39, 0.29) is 12.1 Å². The van der Waals surface area contributed by atoms with Crippen LogP contribution in [0, 0.1) is 11.3 Å². The molecule has 1 aromatic heterocycles. The SMILES string of the molecule is C=CCN1C(=O)C2(CCCCC2)N[C@@H]1c1cc(C#N)cs1. The molecule has 1 aliphatic carbocycles. The zero-order valence-electron chi connectivity index (χ0n) is 12.0. The first-order valence-corrected chi connectivity index (χ1v) is 8.26. The van der Waals surface area contributed by atoms with Crippen LogP contribution in [0.2, 0.25) is 0 Å². The van der Waals surface area contributed by atoms with Crippen molar-refractivity contribution in [2.45, 2.75) is 43.8 Å². The van der Waals surface area contributed by atoms with Crippen molar-refractivity contribution in [3.05, 3.63) is 34.5 Å². The van der Waals surface area contributed by atoms with E-state index in [9.17, 15) is 4.79 Å². The van der Waals surface area contributed by atoms with Gasteiger partial charge in [-0.05, 0) is 18.9 Å². The molecule has 0 radical (unpaired) electrons. The maximum absolute atomic E-state index is 12.9. The molecule has 2 heterocycles. The van der Waals surface area contributed by atoms with Crippen molar-refractivity contribution in [1.82, 2.24) is 10.2 Å². The molecular formula is C16H19N3OS. The highest BCUT2D eigenvalue weighted by Gasteiger charge is 2.51. The molecule has 4 nitrogen and oxygen atoms in total. The molecule has 110 valence electrons. The highest BCUT2D eigenvalue weighted by atomic mass is 32.1. The van der Waals surface area contributed by atoms with Gasteiger partial charge < -0.3 is 4.90 Å². The standard InChI is InChI=1S/C16H19N3OS/c1-2-8-19-14(13-9-12(10-17)11-21-13)18-16(15(19)20)6-4-3-5-7-16/h2,9,11,14,18H,1,3-8H2/t14-/m0/s1. The van der Waals surface area contributed by atoms with Gasteiger partial charge in [0.05, 0.1) is 11.1 Å². The van der Waals surface area contributed by atoms with Gasteiger partial charge in [-0.3, -0.25) is 10.1 Å². The van der Waals surface area contributed by atoms with E-state index in [1.165, 1.54) is 17.8 Å². The third-order valence-corrected chi connectivity index (χ3v) is 5.43. The highest BCUT2D eigenvalue weighted by molar-refractivity contribution is 7.10. The van der Waals surface area contributed by atoms with Crippen molar-refractivity contribution < 1.29 is 4.79 Å². The van der Waals surface area contributed by atoms with Crippen LogP contribution in [-0.4, -0.2) is 22.9 Å². The highest BCUT2D eigenvalue weighted by Crippen LogP contribution is 2.40. The summed E-state index contributed by atoms with van der Waals surface area (Å²) < 4.78 is 0. The van der Waals surface area contributed by atoms with E-state index in [2.05, 4.69) is 18.0 Å². The Balaban J connectivity index is 1.93. The maximum atomic E-state index is 12.9. The van der Waals surface area contributed by atoms with Crippen molar-refractivity contribution in [2.24, 2.45) is 0 Å². The Morgan fingerprint density at radius 3 is 2.90 bits per heavy atom. The van der Waals surface area contributed by atoms with Crippen LogP contribution in [0.5, 0.6) is 0 Å². The predicted molar refractivity (Wildman–Crippen MR) is 82.6 cm³/mol. The molecular weight excluding hydrogens is 282 g/mol. The van der Waals surface area contributed by atoms with Crippen LogP contribution in [0.4, 0.5) is 0 Å². The first kappa shape index (κ1) is 14.3. The van der Waals surface area contributed by atoms with Crippen molar-refractivity contribution in [3.8, 4) is 6.07 Å². The number of rotatable bonds is 3. The van der Waals surface area contributed by atoms with Gasteiger partial charge in [0, 0.05) is 16.8 Å². The summed E-state index contributed by atoms with van der Waals surface area (Å²) in [5.74, 6) is 0.194. The average Bonchev–Trinajstić information content (AvgIpc) is 3.08. The maximum Gasteiger partial charge on any atom is 0.244 e. The lowest BCUT2D eigenvalue weighted by atomic mass is 9.81. The van der Waals surface area contributed by atoms with Crippen LogP contribution in [0.1, 0.15) is 48.7 Å². The zero-order chi connectivity index (χ0) is 14.9. The van der Waals surface area contributed by atoms with E-state index >= 15 is 0 Å². The van der Waals surface area contributed by atoms with Gasteiger partial charge in [0.25, 0.3) is 0 Å². The fourth-order valence-electron chi connectivity index (χ4n) is 3.41. The largest absolute Gasteiger partial charge is 0.317 e. The minimum Gasteiger partial charge on any atom is -0.317 e. The van der Waals surface area contributed by atoms with Crippen LogP contribution in [-0.2, 0) is 4.79 Å². The van der Waals surface area contributed by atoms with Crippen molar-refractivity contribution in [3.63, 3.8) is 0 Å². The number of nitrogens with zero attached hydrogens (tertiary/aromatic N) is 2. The van der Waals surface area contributed by atoms with Gasteiger partial charge in [-0.25, -0.2) is 0 Å². The fourth-order valence-corrected chi connectivity index (χ4v) is 4.31. The Labute approximate surface area is 129 Å². The molecule has 1 spiro atoms. The second-order valence-electron chi connectivity index (χ2n) is 5.79. The van der Waals surface area contributed by atoms with E-state index in [0.29, 0.717) is 12.1 Å². The first-order chi connectivity index (χ1) is 10.2. The number of nitriles is 1. The summed E-state index contributed by atoms with van der Waals surface area (Å²) >= 11 is 1.54. The average molecular weight is 301 g/mol. The Bertz CT molecular complexity index is 595. The van der Waals surface area contributed by atoms with Crippen molar-refractivity contribution in [1.29, 1.82) is 5.26 Å². The van der Waals surface area contributed by atoms with E-state index in [1.807, 2.05) is 16.3 Å². The number of nitrogens with one attached hydrogen (secondary N) is 1. The monoisotopic (exact) mass is 301 g/mol. The molecule has 3 rings (SSSR count). The molecule has 2 aliphatic rings. The minimum atomic E-state index is -0.400. The lowest BCUT2D eigenvalue weighted by Gasteiger charge is -2.31. The van der Waals surface area contributed by atoms with Gasteiger partial charge in [0.1, 0.15) is 12.2 Å². The molecule has 1 amide bonds. The quantitative estimate of drug-likeness (QED) is 0.873. The topological polar surface area (TPSA) is 56.1 Å². The smallest absolute Gasteiger partial charge is 0.244 e. The number of hydrogen-bond donors (Lipinski definition) is 1. The van der Waals surface area contributed by atoms with Gasteiger partial charge in [-0.2, -0.15) is 5.26 Å². The van der Waals surface area contributed by atoms with Crippen LogP contribution in [0.25, 0.3) is 0 Å². The van der Waals surface area contributed by atoms with Crippen LogP contribution < -0.4 is 5.32 Å². The lowest BCUT2D eigenvalue weighted by molar-refractivity contribution is -0.133. The second-order valence-corrected chi connectivity index (χ2v) is 6.73. The van der Waals surface area contributed by atoms with Crippen molar-refractivity contribution >= 4 is 17.2 Å². The van der Waals surface area contributed by atoms with E-state index in [4.69, 9.17) is 5.26 Å². The Morgan fingerprint density at radius 2 is 2.29 bits per heavy atom. The summed E-state index contributed by atoms with van der Waals surface area (Å²) in [6.07, 6.45) is 6.87.